The van der Waals surface area contributed by atoms with Gasteiger partial charge in [-0.3, -0.25) is 0 Å². The fourth-order valence-electron chi connectivity index (χ4n) is 2.87. The summed E-state index contributed by atoms with van der Waals surface area (Å²) in [6.45, 7) is 3.14. The number of allylic oxidation sites excluding steroid dienone is 1. The fourth-order valence-corrected chi connectivity index (χ4v) is 4.80. The number of nitrogens with zero attached hydrogens (tertiary/aromatic N) is 2. The fraction of sp³-hybridized carbons (Fsp3) is 0.238. The van der Waals surface area contributed by atoms with Gasteiger partial charge in [0, 0.05) is 11.3 Å². The predicted molar refractivity (Wildman–Crippen MR) is 112 cm³/mol. The lowest BCUT2D eigenvalue weighted by Gasteiger charge is -2.14. The zero-order chi connectivity index (χ0) is 19.5. The Hall–Kier alpha value is -2.69. The molecule has 2 aromatic carbocycles. The first-order chi connectivity index (χ1) is 13.7. The number of aromatic nitrogens is 1. The van der Waals surface area contributed by atoms with E-state index in [1.807, 2.05) is 49.4 Å². The Morgan fingerprint density at radius 3 is 2.79 bits per heavy atom. The number of benzene rings is 2. The van der Waals surface area contributed by atoms with Crippen molar-refractivity contribution in [1.82, 2.24) is 4.98 Å². The van der Waals surface area contributed by atoms with Gasteiger partial charge in [-0.25, -0.2) is 4.98 Å². The first-order valence-electron chi connectivity index (χ1n) is 8.91. The number of fused-ring (bicyclic) bond motifs is 2. The van der Waals surface area contributed by atoms with Crippen LogP contribution in [0, 0.1) is 11.3 Å². The molecule has 142 valence electrons. The van der Waals surface area contributed by atoms with Crippen molar-refractivity contribution in [3.05, 3.63) is 53.2 Å². The van der Waals surface area contributed by atoms with Crippen molar-refractivity contribution in [2.45, 2.75) is 23.5 Å². The molecule has 1 aliphatic heterocycles. The normalized spacial score (nSPS) is 15.4. The van der Waals surface area contributed by atoms with Crippen molar-refractivity contribution in [3.8, 4) is 17.6 Å². The van der Waals surface area contributed by atoms with Gasteiger partial charge >= 0.3 is 0 Å². The summed E-state index contributed by atoms with van der Waals surface area (Å²) in [4.78, 5) is 5.43. The first-order valence-corrected chi connectivity index (χ1v) is 10.6. The third kappa shape index (κ3) is 3.79. The number of hydrogen-bond acceptors (Lipinski definition) is 7. The molecule has 0 fully saturated rings. The Bertz CT molecular complexity index is 1050. The Morgan fingerprint density at radius 1 is 1.21 bits per heavy atom. The van der Waals surface area contributed by atoms with Crippen LogP contribution < -0.4 is 9.47 Å². The highest BCUT2D eigenvalue weighted by molar-refractivity contribution is 8.00. The van der Waals surface area contributed by atoms with Crippen LogP contribution in [0.2, 0.25) is 0 Å². The summed E-state index contributed by atoms with van der Waals surface area (Å²) in [7, 11) is 0. The van der Waals surface area contributed by atoms with Crippen molar-refractivity contribution in [2.24, 2.45) is 0 Å². The molecule has 0 unspecified atom stereocenters. The van der Waals surface area contributed by atoms with Gasteiger partial charge in [-0.05, 0) is 37.3 Å². The van der Waals surface area contributed by atoms with E-state index in [4.69, 9.17) is 9.47 Å². The van der Waals surface area contributed by atoms with Gasteiger partial charge in [0.05, 0.1) is 28.7 Å². The summed E-state index contributed by atoms with van der Waals surface area (Å²) in [5.41, 5.74) is 1.04. The van der Waals surface area contributed by atoms with E-state index in [2.05, 4.69) is 11.1 Å². The van der Waals surface area contributed by atoms with Gasteiger partial charge in [-0.2, -0.15) is 5.26 Å². The Kier molecular flexibility index (Phi) is 5.42. The zero-order valence-electron chi connectivity index (χ0n) is 15.2. The number of thioether (sulfide) groups is 1. The monoisotopic (exact) mass is 410 g/mol. The van der Waals surface area contributed by atoms with E-state index in [0.29, 0.717) is 24.0 Å². The molecule has 0 saturated carbocycles. The van der Waals surface area contributed by atoms with Gasteiger partial charge in [0.25, 0.3) is 0 Å². The van der Waals surface area contributed by atoms with Gasteiger partial charge in [-0.1, -0.05) is 12.1 Å². The molecule has 28 heavy (non-hydrogen) atoms. The van der Waals surface area contributed by atoms with Crippen LogP contribution in [-0.4, -0.2) is 28.6 Å². The van der Waals surface area contributed by atoms with Gasteiger partial charge < -0.3 is 14.6 Å². The number of nitriles is 1. The molecule has 0 bridgehead atoms. The number of aliphatic hydroxyl groups excluding tert-OH is 1. The number of hydrogen-bond donors (Lipinski definition) is 1. The molecule has 7 heteroatoms. The van der Waals surface area contributed by atoms with Crippen LogP contribution in [0.1, 0.15) is 18.4 Å². The van der Waals surface area contributed by atoms with E-state index in [1.165, 1.54) is 23.1 Å². The van der Waals surface area contributed by atoms with Crippen molar-refractivity contribution in [1.29, 1.82) is 5.26 Å². The molecular weight excluding hydrogens is 392 g/mol. The molecule has 0 radical (unpaired) electrons. The maximum absolute atomic E-state index is 10.7. The lowest BCUT2D eigenvalue weighted by Crippen LogP contribution is -2.04. The van der Waals surface area contributed by atoms with Gasteiger partial charge in [0.15, 0.2) is 11.5 Å². The Morgan fingerprint density at radius 2 is 2.00 bits per heavy atom. The second kappa shape index (κ2) is 8.13. The van der Waals surface area contributed by atoms with Crippen LogP contribution in [0.15, 0.2) is 53.1 Å². The molecule has 3 aromatic rings. The standard InChI is InChI=1S/C21H18N2O3S2/c1-13(27-14-7-8-17-18(11-14)26-10-4-9-25-17)20(24)15(12-22)21-23-16-5-2-3-6-19(16)28-21/h2-3,5-8,11,13,24H,4,9-10H2,1H3/t13-/m0/s1. The zero-order valence-corrected chi connectivity index (χ0v) is 16.8. The van der Waals surface area contributed by atoms with E-state index >= 15 is 0 Å². The Balaban J connectivity index is 1.60. The predicted octanol–water partition coefficient (Wildman–Crippen LogP) is 5.43. The van der Waals surface area contributed by atoms with Crippen molar-refractivity contribution in [3.63, 3.8) is 0 Å². The molecule has 5 nitrogen and oxygen atoms in total. The minimum atomic E-state index is -0.314. The summed E-state index contributed by atoms with van der Waals surface area (Å²) in [6, 6.07) is 15.6. The molecule has 1 atom stereocenters. The maximum atomic E-state index is 10.7. The van der Waals surface area contributed by atoms with Crippen LogP contribution >= 0.6 is 23.1 Å². The molecule has 1 N–H and O–H groups in total. The number of aliphatic hydroxyl groups is 1. The van der Waals surface area contributed by atoms with E-state index in [0.717, 1.165) is 27.3 Å². The van der Waals surface area contributed by atoms with Crippen LogP contribution in [0.5, 0.6) is 11.5 Å². The van der Waals surface area contributed by atoms with E-state index in [1.54, 1.807) is 0 Å². The van der Waals surface area contributed by atoms with E-state index < -0.39 is 0 Å². The summed E-state index contributed by atoms with van der Waals surface area (Å²) < 4.78 is 12.4. The summed E-state index contributed by atoms with van der Waals surface area (Å²) in [5.74, 6) is 1.48. The molecule has 0 aliphatic carbocycles. The SMILES string of the molecule is C[C@H](Sc1ccc2c(c1)OCCCO2)C(O)=C(C#N)c1nc2ccccc2s1. The second-order valence-corrected chi connectivity index (χ2v) is 8.72. The second-order valence-electron chi connectivity index (χ2n) is 6.28. The number of thiazole rings is 1. The van der Waals surface area contributed by atoms with E-state index in [9.17, 15) is 10.4 Å². The largest absolute Gasteiger partial charge is 0.510 e. The molecule has 0 amide bonds. The summed E-state index contributed by atoms with van der Waals surface area (Å²) in [6.07, 6.45) is 0.852. The van der Waals surface area contributed by atoms with Gasteiger partial charge in [-0.15, -0.1) is 23.1 Å². The summed E-state index contributed by atoms with van der Waals surface area (Å²) >= 11 is 2.86. The topological polar surface area (TPSA) is 75.4 Å². The quantitative estimate of drug-likeness (QED) is 0.351. The van der Waals surface area contributed by atoms with Gasteiger partial charge in [0.1, 0.15) is 22.4 Å². The van der Waals surface area contributed by atoms with Crippen molar-refractivity contribution in [2.75, 3.05) is 13.2 Å². The van der Waals surface area contributed by atoms with Crippen molar-refractivity contribution < 1.29 is 14.6 Å². The molecule has 2 heterocycles. The maximum Gasteiger partial charge on any atom is 0.162 e. The molecule has 1 aliphatic rings. The smallest absolute Gasteiger partial charge is 0.162 e. The number of rotatable bonds is 4. The third-order valence-corrected chi connectivity index (χ3v) is 6.45. The molecular formula is C21H18N2O3S2. The van der Waals surface area contributed by atoms with Crippen molar-refractivity contribution >= 4 is 38.9 Å². The van der Waals surface area contributed by atoms with Crippen LogP contribution in [0.4, 0.5) is 0 Å². The molecule has 1 aromatic heterocycles. The molecule has 4 rings (SSSR count). The van der Waals surface area contributed by atoms with Gasteiger partial charge in [0.2, 0.25) is 0 Å². The van der Waals surface area contributed by atoms with E-state index in [-0.39, 0.29) is 16.6 Å². The highest BCUT2D eigenvalue weighted by Crippen LogP contribution is 2.38. The number of ether oxygens (including phenoxy) is 2. The first kappa shape index (κ1) is 18.7. The highest BCUT2D eigenvalue weighted by atomic mass is 32.2. The van der Waals surface area contributed by atoms with Crippen LogP contribution in [0.25, 0.3) is 15.8 Å². The minimum Gasteiger partial charge on any atom is -0.510 e. The molecule has 0 spiro atoms. The highest BCUT2D eigenvalue weighted by Gasteiger charge is 2.20. The molecule has 0 saturated heterocycles. The average Bonchev–Trinajstić information content (AvgIpc) is 2.99. The van der Waals surface area contributed by atoms with Crippen LogP contribution in [0.3, 0.4) is 0 Å². The summed E-state index contributed by atoms with van der Waals surface area (Å²) in [5, 5.41) is 20.6. The average molecular weight is 411 g/mol. The lowest BCUT2D eigenvalue weighted by molar-refractivity contribution is 0.297. The minimum absolute atomic E-state index is 0.0265. The number of para-hydroxylation sites is 1. The lowest BCUT2D eigenvalue weighted by atomic mass is 10.2. The Labute approximate surface area is 171 Å². The van der Waals surface area contributed by atoms with Crippen LogP contribution in [-0.2, 0) is 0 Å². The third-order valence-electron chi connectivity index (χ3n) is 4.29.